The number of rotatable bonds is 4. The van der Waals surface area contributed by atoms with E-state index in [2.05, 4.69) is 4.90 Å². The van der Waals surface area contributed by atoms with E-state index < -0.39 is 5.97 Å². The van der Waals surface area contributed by atoms with Crippen LogP contribution in [0, 0.1) is 5.92 Å². The molecule has 1 aromatic carbocycles. The smallest absolute Gasteiger partial charge is 0.303 e. The molecule has 0 radical (unpaired) electrons. The van der Waals surface area contributed by atoms with Crippen molar-refractivity contribution >= 4 is 29.2 Å². The number of carboxylic acids is 1. The predicted molar refractivity (Wildman–Crippen MR) is 76.7 cm³/mol. The minimum Gasteiger partial charge on any atom is -0.481 e. The molecule has 0 spiro atoms. The van der Waals surface area contributed by atoms with Crippen LogP contribution in [0.1, 0.15) is 24.8 Å². The maximum Gasteiger partial charge on any atom is 0.303 e. The molecule has 104 valence electrons. The molecule has 1 saturated heterocycles. The number of likely N-dealkylation sites (tertiary alicyclic amines) is 1. The topological polar surface area (TPSA) is 40.5 Å². The van der Waals surface area contributed by atoms with Crippen molar-refractivity contribution in [2.24, 2.45) is 5.92 Å². The normalized spacial score (nSPS) is 20.4. The van der Waals surface area contributed by atoms with E-state index in [9.17, 15) is 4.79 Å². The van der Waals surface area contributed by atoms with Crippen LogP contribution in [0.15, 0.2) is 18.2 Å². The molecular formula is C14H17Cl2NO2. The van der Waals surface area contributed by atoms with Crippen LogP contribution < -0.4 is 0 Å². The molecule has 5 heteroatoms. The van der Waals surface area contributed by atoms with Gasteiger partial charge in [-0.3, -0.25) is 9.69 Å². The molecule has 1 heterocycles. The van der Waals surface area contributed by atoms with Crippen LogP contribution in [-0.2, 0) is 11.3 Å². The van der Waals surface area contributed by atoms with Crippen molar-refractivity contribution in [2.45, 2.75) is 25.8 Å². The number of carboxylic acid groups (broad SMARTS) is 1. The van der Waals surface area contributed by atoms with Crippen molar-refractivity contribution in [2.75, 3.05) is 13.1 Å². The summed E-state index contributed by atoms with van der Waals surface area (Å²) in [7, 11) is 0. The van der Waals surface area contributed by atoms with E-state index in [1.807, 2.05) is 6.07 Å². The average Bonchev–Trinajstić information content (AvgIpc) is 2.33. The maximum absolute atomic E-state index is 10.8. The molecule has 1 fully saturated rings. The highest BCUT2D eigenvalue weighted by Gasteiger charge is 2.22. The van der Waals surface area contributed by atoms with Gasteiger partial charge in [-0.2, -0.15) is 0 Å². The highest BCUT2D eigenvalue weighted by molar-refractivity contribution is 6.33. The summed E-state index contributed by atoms with van der Waals surface area (Å²) < 4.78 is 0. The fourth-order valence-electron chi connectivity index (χ4n) is 2.61. The Morgan fingerprint density at radius 1 is 1.42 bits per heavy atom. The number of piperidine rings is 1. The number of halogens is 2. The first kappa shape index (κ1) is 14.6. The highest BCUT2D eigenvalue weighted by Crippen LogP contribution is 2.25. The van der Waals surface area contributed by atoms with Crippen molar-refractivity contribution in [3.63, 3.8) is 0 Å². The van der Waals surface area contributed by atoms with Crippen LogP contribution in [-0.4, -0.2) is 29.1 Å². The second-order valence-electron chi connectivity index (χ2n) is 5.08. The van der Waals surface area contributed by atoms with Crippen molar-refractivity contribution < 1.29 is 9.90 Å². The van der Waals surface area contributed by atoms with Gasteiger partial charge in [0.2, 0.25) is 0 Å². The first-order valence-corrected chi connectivity index (χ1v) is 7.18. The zero-order valence-electron chi connectivity index (χ0n) is 10.6. The Hall–Kier alpha value is -0.770. The SMILES string of the molecule is O=C(O)CC1CCCN(Cc2cc(Cl)ccc2Cl)C1. The maximum atomic E-state index is 10.8. The zero-order valence-corrected chi connectivity index (χ0v) is 12.1. The summed E-state index contributed by atoms with van der Waals surface area (Å²) >= 11 is 12.1. The van der Waals surface area contributed by atoms with Crippen LogP contribution in [0.25, 0.3) is 0 Å². The lowest BCUT2D eigenvalue weighted by atomic mass is 9.94. The summed E-state index contributed by atoms with van der Waals surface area (Å²) in [5, 5.41) is 10.3. The summed E-state index contributed by atoms with van der Waals surface area (Å²) in [6.45, 7) is 2.53. The fraction of sp³-hybridized carbons (Fsp3) is 0.500. The molecule has 1 aromatic rings. The summed E-state index contributed by atoms with van der Waals surface area (Å²) in [6.07, 6.45) is 2.28. The Balaban J connectivity index is 1.98. The molecular weight excluding hydrogens is 285 g/mol. The van der Waals surface area contributed by atoms with Gasteiger partial charge < -0.3 is 5.11 Å². The number of benzene rings is 1. The Labute approximate surface area is 123 Å². The molecule has 0 bridgehead atoms. The summed E-state index contributed by atoms with van der Waals surface area (Å²) in [5.74, 6) is -0.475. The zero-order chi connectivity index (χ0) is 13.8. The lowest BCUT2D eigenvalue weighted by Crippen LogP contribution is -2.35. The lowest BCUT2D eigenvalue weighted by molar-refractivity contribution is -0.138. The Morgan fingerprint density at radius 2 is 2.21 bits per heavy atom. The number of hydrogen-bond acceptors (Lipinski definition) is 2. The highest BCUT2D eigenvalue weighted by atomic mass is 35.5. The second-order valence-corrected chi connectivity index (χ2v) is 5.92. The minimum absolute atomic E-state index is 0.240. The molecule has 1 aliphatic heterocycles. The quantitative estimate of drug-likeness (QED) is 0.922. The summed E-state index contributed by atoms with van der Waals surface area (Å²) in [4.78, 5) is 13.0. The minimum atomic E-state index is -0.715. The van der Waals surface area contributed by atoms with Crippen LogP contribution in [0.4, 0.5) is 0 Å². The third-order valence-electron chi connectivity index (χ3n) is 3.47. The van der Waals surface area contributed by atoms with Crippen LogP contribution >= 0.6 is 23.2 Å². The van der Waals surface area contributed by atoms with Gasteiger partial charge in [0.1, 0.15) is 0 Å². The molecule has 0 aliphatic carbocycles. The molecule has 1 aliphatic rings. The van der Waals surface area contributed by atoms with Gasteiger partial charge in [-0.05, 0) is 49.1 Å². The number of hydrogen-bond donors (Lipinski definition) is 1. The molecule has 1 unspecified atom stereocenters. The molecule has 0 saturated carbocycles. The van der Waals surface area contributed by atoms with E-state index >= 15 is 0 Å². The van der Waals surface area contributed by atoms with E-state index in [1.54, 1.807) is 12.1 Å². The van der Waals surface area contributed by atoms with Gasteiger partial charge in [-0.1, -0.05) is 23.2 Å². The molecule has 19 heavy (non-hydrogen) atoms. The van der Waals surface area contributed by atoms with E-state index in [0.717, 1.165) is 38.0 Å². The number of nitrogens with zero attached hydrogens (tertiary/aromatic N) is 1. The van der Waals surface area contributed by atoms with Gasteiger partial charge in [0.05, 0.1) is 0 Å². The molecule has 3 nitrogen and oxygen atoms in total. The fourth-order valence-corrected chi connectivity index (χ4v) is 2.99. The molecule has 0 amide bonds. The third kappa shape index (κ3) is 4.37. The van der Waals surface area contributed by atoms with E-state index in [0.29, 0.717) is 10.0 Å². The Kier molecular flexibility index (Phi) is 5.08. The standard InChI is InChI=1S/C14H17Cl2NO2/c15-12-3-4-13(16)11(7-12)9-17-5-1-2-10(8-17)6-14(18)19/h3-4,7,10H,1-2,5-6,8-9H2,(H,18,19). The van der Waals surface area contributed by atoms with Crippen LogP contribution in [0.2, 0.25) is 10.0 Å². The van der Waals surface area contributed by atoms with Crippen LogP contribution in [0.3, 0.4) is 0 Å². The van der Waals surface area contributed by atoms with Gasteiger partial charge in [0, 0.05) is 29.6 Å². The summed E-state index contributed by atoms with van der Waals surface area (Å²) in [6, 6.07) is 5.46. The number of aliphatic carboxylic acids is 1. The first-order valence-electron chi connectivity index (χ1n) is 6.42. The average molecular weight is 302 g/mol. The van der Waals surface area contributed by atoms with Gasteiger partial charge in [-0.15, -0.1) is 0 Å². The largest absolute Gasteiger partial charge is 0.481 e. The number of carbonyl (C=O) groups is 1. The molecule has 0 aromatic heterocycles. The monoisotopic (exact) mass is 301 g/mol. The molecule has 1 atom stereocenters. The second kappa shape index (κ2) is 6.60. The van der Waals surface area contributed by atoms with Gasteiger partial charge >= 0.3 is 5.97 Å². The Morgan fingerprint density at radius 3 is 2.95 bits per heavy atom. The van der Waals surface area contributed by atoms with Crippen molar-refractivity contribution in [1.29, 1.82) is 0 Å². The van der Waals surface area contributed by atoms with Crippen molar-refractivity contribution in [3.05, 3.63) is 33.8 Å². The van der Waals surface area contributed by atoms with E-state index in [-0.39, 0.29) is 12.3 Å². The molecule has 2 rings (SSSR count). The lowest BCUT2D eigenvalue weighted by Gasteiger charge is -2.32. The predicted octanol–water partition coefficient (Wildman–Crippen LogP) is 3.68. The first-order chi connectivity index (χ1) is 9.04. The van der Waals surface area contributed by atoms with Gasteiger partial charge in [-0.25, -0.2) is 0 Å². The van der Waals surface area contributed by atoms with E-state index in [1.165, 1.54) is 0 Å². The van der Waals surface area contributed by atoms with Crippen LogP contribution in [0.5, 0.6) is 0 Å². The van der Waals surface area contributed by atoms with Gasteiger partial charge in [0.15, 0.2) is 0 Å². The summed E-state index contributed by atoms with van der Waals surface area (Å²) in [5.41, 5.74) is 1.00. The van der Waals surface area contributed by atoms with E-state index in [4.69, 9.17) is 28.3 Å². The Bertz CT molecular complexity index is 465. The van der Waals surface area contributed by atoms with Crippen molar-refractivity contribution in [3.8, 4) is 0 Å². The van der Waals surface area contributed by atoms with Crippen molar-refractivity contribution in [1.82, 2.24) is 4.90 Å². The third-order valence-corrected chi connectivity index (χ3v) is 4.07. The van der Waals surface area contributed by atoms with Gasteiger partial charge in [0.25, 0.3) is 0 Å². The molecule has 1 N–H and O–H groups in total.